The maximum absolute atomic E-state index is 12.8. The summed E-state index contributed by atoms with van der Waals surface area (Å²) in [6.07, 6.45) is 3.62. The van der Waals surface area contributed by atoms with Crippen LogP contribution in [0.5, 0.6) is 0 Å². The third kappa shape index (κ3) is 3.61. The third-order valence-corrected chi connectivity index (χ3v) is 5.22. The van der Waals surface area contributed by atoms with Crippen molar-refractivity contribution in [3.63, 3.8) is 0 Å². The molecular formula is C17H27N5O2. The Morgan fingerprint density at radius 3 is 2.67 bits per heavy atom. The second-order valence-corrected chi connectivity index (χ2v) is 6.72. The van der Waals surface area contributed by atoms with Crippen molar-refractivity contribution in [3.8, 4) is 0 Å². The van der Waals surface area contributed by atoms with E-state index in [0.717, 1.165) is 57.8 Å². The van der Waals surface area contributed by atoms with Gasteiger partial charge in [-0.1, -0.05) is 6.92 Å². The first-order chi connectivity index (χ1) is 11.6. The van der Waals surface area contributed by atoms with Crippen LogP contribution in [0.4, 0.5) is 5.69 Å². The van der Waals surface area contributed by atoms with Crippen molar-refractivity contribution in [2.24, 2.45) is 13.0 Å². The summed E-state index contributed by atoms with van der Waals surface area (Å²) in [6, 6.07) is 1.61. The van der Waals surface area contributed by atoms with E-state index < -0.39 is 0 Å². The van der Waals surface area contributed by atoms with E-state index in [-0.39, 0.29) is 17.4 Å². The maximum Gasteiger partial charge on any atom is 0.268 e. The SMILES string of the molecule is CCN1CCN(C(=O)C2CCCN(c3cnn(C)c(=O)c3)C2)CC1. The van der Waals surface area contributed by atoms with Gasteiger partial charge in [-0.2, -0.15) is 5.10 Å². The monoisotopic (exact) mass is 333 g/mol. The lowest BCUT2D eigenvalue weighted by Gasteiger charge is -2.39. The van der Waals surface area contributed by atoms with Gasteiger partial charge in [-0.25, -0.2) is 4.68 Å². The third-order valence-electron chi connectivity index (χ3n) is 5.22. The van der Waals surface area contributed by atoms with Crippen LogP contribution in [0, 0.1) is 5.92 Å². The molecule has 0 N–H and O–H groups in total. The Morgan fingerprint density at radius 2 is 2.00 bits per heavy atom. The minimum atomic E-state index is -0.114. The highest BCUT2D eigenvalue weighted by molar-refractivity contribution is 5.80. The van der Waals surface area contributed by atoms with Gasteiger partial charge < -0.3 is 14.7 Å². The van der Waals surface area contributed by atoms with E-state index in [2.05, 4.69) is 21.8 Å². The predicted molar refractivity (Wildman–Crippen MR) is 93.1 cm³/mol. The Labute approximate surface area is 142 Å². The molecule has 1 unspecified atom stereocenters. The molecule has 2 saturated heterocycles. The number of rotatable bonds is 3. The highest BCUT2D eigenvalue weighted by Crippen LogP contribution is 2.23. The molecule has 0 bridgehead atoms. The topological polar surface area (TPSA) is 61.7 Å². The molecule has 0 saturated carbocycles. The first-order valence-electron chi connectivity index (χ1n) is 8.88. The zero-order valence-corrected chi connectivity index (χ0v) is 14.6. The van der Waals surface area contributed by atoms with Gasteiger partial charge >= 0.3 is 0 Å². The minimum absolute atomic E-state index is 0.0241. The molecule has 2 fully saturated rings. The van der Waals surface area contributed by atoms with Gasteiger partial charge in [0.1, 0.15) is 0 Å². The molecule has 0 aromatic carbocycles. The Hall–Kier alpha value is -1.89. The van der Waals surface area contributed by atoms with E-state index in [1.54, 1.807) is 19.3 Å². The summed E-state index contributed by atoms with van der Waals surface area (Å²) >= 11 is 0. The van der Waals surface area contributed by atoms with E-state index in [1.807, 2.05) is 4.90 Å². The van der Waals surface area contributed by atoms with Crippen molar-refractivity contribution in [3.05, 3.63) is 22.6 Å². The number of anilines is 1. The average molecular weight is 333 g/mol. The number of piperidine rings is 1. The van der Waals surface area contributed by atoms with Crippen LogP contribution in [0.25, 0.3) is 0 Å². The van der Waals surface area contributed by atoms with Gasteiger partial charge in [0.15, 0.2) is 0 Å². The fraction of sp³-hybridized carbons (Fsp3) is 0.706. The van der Waals surface area contributed by atoms with E-state index >= 15 is 0 Å². The smallest absolute Gasteiger partial charge is 0.268 e. The van der Waals surface area contributed by atoms with Crippen molar-refractivity contribution in [1.82, 2.24) is 19.6 Å². The van der Waals surface area contributed by atoms with Crippen LogP contribution in [0.3, 0.4) is 0 Å². The second kappa shape index (κ2) is 7.34. The van der Waals surface area contributed by atoms with E-state index in [0.29, 0.717) is 6.54 Å². The van der Waals surface area contributed by atoms with Crippen LogP contribution in [0.2, 0.25) is 0 Å². The zero-order chi connectivity index (χ0) is 17.1. The zero-order valence-electron chi connectivity index (χ0n) is 14.6. The molecule has 3 heterocycles. The Bertz CT molecular complexity index is 636. The van der Waals surface area contributed by atoms with Gasteiger partial charge in [0.2, 0.25) is 5.91 Å². The fourth-order valence-corrected chi connectivity index (χ4v) is 3.59. The van der Waals surface area contributed by atoms with Crippen LogP contribution in [-0.2, 0) is 11.8 Å². The molecular weight excluding hydrogens is 306 g/mol. The standard InChI is InChI=1S/C17H27N5O2/c1-3-20-7-9-21(10-8-20)17(24)14-5-4-6-22(13-14)15-11-16(23)19(2)18-12-15/h11-12,14H,3-10,13H2,1-2H3. The Kier molecular flexibility index (Phi) is 5.18. The number of amides is 1. The average Bonchev–Trinajstić information content (AvgIpc) is 2.63. The summed E-state index contributed by atoms with van der Waals surface area (Å²) in [5, 5.41) is 4.09. The quantitative estimate of drug-likeness (QED) is 0.789. The Balaban J connectivity index is 1.63. The molecule has 1 aromatic rings. The van der Waals surface area contributed by atoms with Crippen molar-refractivity contribution < 1.29 is 4.79 Å². The summed E-state index contributed by atoms with van der Waals surface area (Å²) in [5.41, 5.74) is 0.711. The Morgan fingerprint density at radius 1 is 1.25 bits per heavy atom. The minimum Gasteiger partial charge on any atom is -0.369 e. The molecule has 1 amide bonds. The van der Waals surface area contributed by atoms with Gasteiger partial charge in [0.25, 0.3) is 5.56 Å². The molecule has 1 aromatic heterocycles. The van der Waals surface area contributed by atoms with E-state index in [4.69, 9.17) is 0 Å². The number of piperazine rings is 1. The summed E-state index contributed by atoms with van der Waals surface area (Å²) < 4.78 is 1.32. The van der Waals surface area contributed by atoms with Gasteiger partial charge in [0.05, 0.1) is 17.8 Å². The molecule has 3 rings (SSSR count). The van der Waals surface area contributed by atoms with Crippen LogP contribution >= 0.6 is 0 Å². The first kappa shape index (κ1) is 17.0. The second-order valence-electron chi connectivity index (χ2n) is 6.72. The molecule has 24 heavy (non-hydrogen) atoms. The summed E-state index contributed by atoms with van der Waals surface area (Å²) in [7, 11) is 1.64. The largest absolute Gasteiger partial charge is 0.369 e. The van der Waals surface area contributed by atoms with Crippen LogP contribution < -0.4 is 10.5 Å². The van der Waals surface area contributed by atoms with Crippen molar-refractivity contribution in [1.29, 1.82) is 0 Å². The number of carbonyl (C=O) groups excluding carboxylic acids is 1. The maximum atomic E-state index is 12.8. The lowest BCUT2D eigenvalue weighted by Crippen LogP contribution is -2.52. The number of carbonyl (C=O) groups is 1. The number of hydrogen-bond donors (Lipinski definition) is 0. The lowest BCUT2D eigenvalue weighted by molar-refractivity contribution is -0.137. The predicted octanol–water partition coefficient (Wildman–Crippen LogP) is 0.161. The van der Waals surface area contributed by atoms with Crippen LogP contribution in [-0.4, -0.2) is 71.3 Å². The van der Waals surface area contributed by atoms with Gasteiger partial charge in [-0.15, -0.1) is 0 Å². The molecule has 2 aliphatic heterocycles. The number of aryl methyl sites for hydroxylation is 1. The number of aromatic nitrogens is 2. The number of likely N-dealkylation sites (N-methyl/N-ethyl adjacent to an activating group) is 1. The molecule has 2 aliphatic rings. The highest BCUT2D eigenvalue weighted by atomic mass is 16.2. The van der Waals surface area contributed by atoms with Crippen molar-refractivity contribution in [2.75, 3.05) is 50.7 Å². The molecule has 132 valence electrons. The van der Waals surface area contributed by atoms with Crippen LogP contribution in [0.1, 0.15) is 19.8 Å². The van der Waals surface area contributed by atoms with Crippen LogP contribution in [0.15, 0.2) is 17.1 Å². The molecule has 0 aliphatic carbocycles. The highest BCUT2D eigenvalue weighted by Gasteiger charge is 2.31. The summed E-state index contributed by atoms with van der Waals surface area (Å²) in [5.74, 6) is 0.295. The number of hydrogen-bond acceptors (Lipinski definition) is 5. The summed E-state index contributed by atoms with van der Waals surface area (Å²) in [6.45, 7) is 8.37. The molecule has 7 nitrogen and oxygen atoms in total. The van der Waals surface area contributed by atoms with Gasteiger partial charge in [0, 0.05) is 52.4 Å². The summed E-state index contributed by atoms with van der Waals surface area (Å²) in [4.78, 5) is 31.2. The molecule has 0 radical (unpaired) electrons. The normalized spacial score (nSPS) is 22.7. The van der Waals surface area contributed by atoms with Gasteiger partial charge in [-0.3, -0.25) is 9.59 Å². The van der Waals surface area contributed by atoms with Gasteiger partial charge in [-0.05, 0) is 19.4 Å². The van der Waals surface area contributed by atoms with E-state index in [9.17, 15) is 9.59 Å². The molecule has 7 heteroatoms. The van der Waals surface area contributed by atoms with Crippen molar-refractivity contribution >= 4 is 11.6 Å². The molecule has 0 spiro atoms. The van der Waals surface area contributed by atoms with E-state index in [1.165, 1.54) is 4.68 Å². The number of nitrogens with zero attached hydrogens (tertiary/aromatic N) is 5. The molecule has 1 atom stereocenters. The first-order valence-corrected chi connectivity index (χ1v) is 8.88. The van der Waals surface area contributed by atoms with Crippen molar-refractivity contribution in [2.45, 2.75) is 19.8 Å². The fourth-order valence-electron chi connectivity index (χ4n) is 3.59. The lowest BCUT2D eigenvalue weighted by atomic mass is 9.96.